The standard InChI is InChI=1S/C12H10N2O5/c15-11(16)8(12(17)18)6-9-13-10(19-14-9)7-4-2-1-3-5-7/h1-5,8H,6H2,(H,15,16)(H,17,18). The summed E-state index contributed by atoms with van der Waals surface area (Å²) in [4.78, 5) is 25.5. The smallest absolute Gasteiger partial charge is 0.318 e. The minimum Gasteiger partial charge on any atom is -0.481 e. The molecule has 0 spiro atoms. The zero-order chi connectivity index (χ0) is 13.8. The van der Waals surface area contributed by atoms with Crippen LogP contribution in [0.25, 0.3) is 11.5 Å². The summed E-state index contributed by atoms with van der Waals surface area (Å²) in [6, 6.07) is 8.91. The highest BCUT2D eigenvalue weighted by Crippen LogP contribution is 2.17. The number of carbonyl (C=O) groups is 2. The molecule has 0 aliphatic rings. The predicted octanol–water partition coefficient (Wildman–Crippen LogP) is 1.06. The molecule has 0 saturated carbocycles. The normalized spacial score (nSPS) is 10.6. The van der Waals surface area contributed by atoms with Crippen LogP contribution in [0.3, 0.4) is 0 Å². The molecule has 0 aliphatic heterocycles. The molecule has 7 nitrogen and oxygen atoms in total. The van der Waals surface area contributed by atoms with Crippen molar-refractivity contribution in [3.05, 3.63) is 36.2 Å². The Kier molecular flexibility index (Phi) is 3.56. The maximum absolute atomic E-state index is 10.8. The summed E-state index contributed by atoms with van der Waals surface area (Å²) in [7, 11) is 0. The van der Waals surface area contributed by atoms with E-state index in [9.17, 15) is 9.59 Å². The van der Waals surface area contributed by atoms with E-state index in [-0.39, 0.29) is 18.1 Å². The van der Waals surface area contributed by atoms with Crippen molar-refractivity contribution in [2.24, 2.45) is 5.92 Å². The fraction of sp³-hybridized carbons (Fsp3) is 0.167. The van der Waals surface area contributed by atoms with Crippen molar-refractivity contribution in [1.29, 1.82) is 0 Å². The van der Waals surface area contributed by atoms with Crippen molar-refractivity contribution in [3.8, 4) is 11.5 Å². The van der Waals surface area contributed by atoms with Crippen LogP contribution in [0.15, 0.2) is 34.9 Å². The van der Waals surface area contributed by atoms with Crippen LogP contribution in [-0.4, -0.2) is 32.3 Å². The summed E-state index contributed by atoms with van der Waals surface area (Å²) in [5.41, 5.74) is 0.684. The van der Waals surface area contributed by atoms with Gasteiger partial charge >= 0.3 is 11.9 Å². The Hall–Kier alpha value is -2.70. The van der Waals surface area contributed by atoms with Crippen molar-refractivity contribution in [1.82, 2.24) is 10.1 Å². The second-order valence-corrected chi connectivity index (χ2v) is 3.81. The summed E-state index contributed by atoms with van der Waals surface area (Å²) in [5, 5.41) is 21.1. The van der Waals surface area contributed by atoms with Crippen molar-refractivity contribution in [3.63, 3.8) is 0 Å². The molecular weight excluding hydrogens is 252 g/mol. The number of nitrogens with zero attached hydrogens (tertiary/aromatic N) is 2. The van der Waals surface area contributed by atoms with Gasteiger partial charge < -0.3 is 14.7 Å². The lowest BCUT2D eigenvalue weighted by molar-refractivity contribution is -0.154. The zero-order valence-corrected chi connectivity index (χ0v) is 9.68. The topological polar surface area (TPSA) is 114 Å². The highest BCUT2D eigenvalue weighted by Gasteiger charge is 2.28. The Labute approximate surface area is 107 Å². The lowest BCUT2D eigenvalue weighted by Crippen LogP contribution is -2.25. The van der Waals surface area contributed by atoms with E-state index in [2.05, 4.69) is 10.1 Å². The number of carboxylic acids is 2. The lowest BCUT2D eigenvalue weighted by atomic mass is 10.1. The zero-order valence-electron chi connectivity index (χ0n) is 9.68. The summed E-state index contributed by atoms with van der Waals surface area (Å²) in [5.74, 6) is -4.17. The van der Waals surface area contributed by atoms with Crippen LogP contribution in [-0.2, 0) is 16.0 Å². The quantitative estimate of drug-likeness (QED) is 0.774. The Morgan fingerprint density at radius 2 is 1.79 bits per heavy atom. The van der Waals surface area contributed by atoms with Crippen molar-refractivity contribution >= 4 is 11.9 Å². The van der Waals surface area contributed by atoms with E-state index in [1.54, 1.807) is 24.3 Å². The first-order chi connectivity index (χ1) is 9.08. The monoisotopic (exact) mass is 262 g/mol. The molecule has 0 radical (unpaired) electrons. The van der Waals surface area contributed by atoms with Crippen LogP contribution in [0.4, 0.5) is 0 Å². The van der Waals surface area contributed by atoms with Gasteiger partial charge in [0.25, 0.3) is 5.89 Å². The van der Waals surface area contributed by atoms with E-state index in [0.29, 0.717) is 5.56 Å². The second kappa shape index (κ2) is 5.30. The van der Waals surface area contributed by atoms with Gasteiger partial charge in [-0.25, -0.2) is 0 Å². The van der Waals surface area contributed by atoms with Crippen LogP contribution in [0.1, 0.15) is 5.82 Å². The van der Waals surface area contributed by atoms with Gasteiger partial charge in [-0.2, -0.15) is 4.98 Å². The van der Waals surface area contributed by atoms with E-state index in [1.807, 2.05) is 6.07 Å². The molecule has 7 heteroatoms. The van der Waals surface area contributed by atoms with E-state index < -0.39 is 17.9 Å². The van der Waals surface area contributed by atoms with Crippen LogP contribution in [0, 0.1) is 5.92 Å². The number of carboxylic acid groups (broad SMARTS) is 2. The van der Waals surface area contributed by atoms with Crippen LogP contribution < -0.4 is 0 Å². The number of hydrogen-bond donors (Lipinski definition) is 2. The first-order valence-corrected chi connectivity index (χ1v) is 5.41. The van der Waals surface area contributed by atoms with Gasteiger partial charge in [-0.1, -0.05) is 23.4 Å². The SMILES string of the molecule is O=C(O)C(Cc1noc(-c2ccccc2)n1)C(=O)O. The van der Waals surface area contributed by atoms with Crippen molar-refractivity contribution < 1.29 is 24.3 Å². The van der Waals surface area contributed by atoms with E-state index >= 15 is 0 Å². The molecule has 0 amide bonds. The minimum atomic E-state index is -1.58. The maximum atomic E-state index is 10.8. The molecule has 0 bridgehead atoms. The third kappa shape index (κ3) is 2.95. The third-order valence-electron chi connectivity index (χ3n) is 2.47. The van der Waals surface area contributed by atoms with Crippen molar-refractivity contribution in [2.45, 2.75) is 6.42 Å². The molecule has 1 heterocycles. The first kappa shape index (κ1) is 12.7. The van der Waals surface area contributed by atoms with Crippen molar-refractivity contribution in [2.75, 3.05) is 0 Å². The molecule has 2 N–H and O–H groups in total. The molecule has 2 aromatic rings. The first-order valence-electron chi connectivity index (χ1n) is 5.41. The molecule has 2 rings (SSSR count). The van der Waals surface area contributed by atoms with Gasteiger partial charge in [-0.3, -0.25) is 9.59 Å². The Bertz CT molecular complexity index is 579. The van der Waals surface area contributed by atoms with Gasteiger partial charge in [0, 0.05) is 12.0 Å². The Morgan fingerprint density at radius 3 is 2.37 bits per heavy atom. The summed E-state index contributed by atoms with van der Waals surface area (Å²) in [6.07, 6.45) is -0.318. The lowest BCUT2D eigenvalue weighted by Gasteiger charge is -2.02. The molecule has 0 aliphatic carbocycles. The summed E-state index contributed by atoms with van der Waals surface area (Å²) < 4.78 is 4.96. The van der Waals surface area contributed by atoms with Gasteiger partial charge in [0.1, 0.15) is 0 Å². The molecular formula is C12H10N2O5. The predicted molar refractivity (Wildman–Crippen MR) is 62.2 cm³/mol. The molecule has 98 valence electrons. The fourth-order valence-corrected chi connectivity index (χ4v) is 1.50. The number of rotatable bonds is 5. The van der Waals surface area contributed by atoms with E-state index in [1.165, 1.54) is 0 Å². The summed E-state index contributed by atoms with van der Waals surface area (Å²) >= 11 is 0. The highest BCUT2D eigenvalue weighted by atomic mass is 16.5. The number of hydrogen-bond acceptors (Lipinski definition) is 5. The number of aliphatic carboxylic acids is 2. The van der Waals surface area contributed by atoms with Crippen LogP contribution in [0.5, 0.6) is 0 Å². The van der Waals surface area contributed by atoms with E-state index in [4.69, 9.17) is 14.7 Å². The highest BCUT2D eigenvalue weighted by molar-refractivity contribution is 5.93. The molecule has 1 aromatic heterocycles. The largest absolute Gasteiger partial charge is 0.481 e. The van der Waals surface area contributed by atoms with Crippen LogP contribution in [0.2, 0.25) is 0 Å². The third-order valence-corrected chi connectivity index (χ3v) is 2.47. The Morgan fingerprint density at radius 1 is 1.16 bits per heavy atom. The average Bonchev–Trinajstić information content (AvgIpc) is 2.85. The number of benzene rings is 1. The average molecular weight is 262 g/mol. The molecule has 0 atom stereocenters. The van der Waals surface area contributed by atoms with Gasteiger partial charge in [0.15, 0.2) is 11.7 Å². The Balaban J connectivity index is 2.18. The second-order valence-electron chi connectivity index (χ2n) is 3.81. The maximum Gasteiger partial charge on any atom is 0.318 e. The minimum absolute atomic E-state index is 0.0497. The number of aromatic nitrogens is 2. The molecule has 0 unspecified atom stereocenters. The molecule has 1 aromatic carbocycles. The van der Waals surface area contributed by atoms with Gasteiger partial charge in [0.2, 0.25) is 0 Å². The molecule has 19 heavy (non-hydrogen) atoms. The van der Waals surface area contributed by atoms with Crippen LogP contribution >= 0.6 is 0 Å². The fourth-order valence-electron chi connectivity index (χ4n) is 1.50. The summed E-state index contributed by atoms with van der Waals surface area (Å²) in [6.45, 7) is 0. The van der Waals surface area contributed by atoms with Gasteiger partial charge in [-0.05, 0) is 12.1 Å². The molecule has 0 fully saturated rings. The molecule has 0 saturated heterocycles. The van der Waals surface area contributed by atoms with Gasteiger partial charge in [0.05, 0.1) is 0 Å². The van der Waals surface area contributed by atoms with Gasteiger partial charge in [-0.15, -0.1) is 0 Å². The van der Waals surface area contributed by atoms with E-state index in [0.717, 1.165) is 0 Å².